The van der Waals surface area contributed by atoms with Crippen molar-refractivity contribution in [2.75, 3.05) is 0 Å². The average Bonchev–Trinajstić information content (AvgIpc) is 2.54. The van der Waals surface area contributed by atoms with Crippen molar-refractivity contribution in [3.63, 3.8) is 0 Å². The van der Waals surface area contributed by atoms with E-state index in [0.29, 0.717) is 0 Å². The molecule has 1 aliphatic rings. The molecule has 102 valence electrons. The highest BCUT2D eigenvalue weighted by molar-refractivity contribution is 4.87. The van der Waals surface area contributed by atoms with Gasteiger partial charge in [0.15, 0.2) is 0 Å². The second-order valence-electron chi connectivity index (χ2n) is 5.85. The van der Waals surface area contributed by atoms with E-state index in [1.54, 1.807) is 0 Å². The maximum Gasteiger partial charge on any atom is -0.0348 e. The van der Waals surface area contributed by atoms with Crippen molar-refractivity contribution in [2.24, 2.45) is 17.8 Å². The number of hydrogen-bond donors (Lipinski definition) is 0. The molecule has 0 aliphatic heterocycles. The van der Waals surface area contributed by atoms with Crippen LogP contribution in [0.5, 0.6) is 0 Å². The van der Waals surface area contributed by atoms with E-state index in [9.17, 15) is 0 Å². The molecule has 0 nitrogen and oxygen atoms in total. The van der Waals surface area contributed by atoms with Crippen LogP contribution in [0, 0.1) is 17.8 Å². The summed E-state index contributed by atoms with van der Waals surface area (Å²) in [7, 11) is 0. The van der Waals surface area contributed by atoms with Gasteiger partial charge in [-0.2, -0.15) is 0 Å². The Bertz CT molecular complexity index is 168. The first-order valence-electron chi connectivity index (χ1n) is 7.80. The van der Waals surface area contributed by atoms with Crippen molar-refractivity contribution in [1.29, 1.82) is 0 Å². The second-order valence-corrected chi connectivity index (χ2v) is 5.85. The van der Waals surface area contributed by atoms with Crippen LogP contribution in [0.4, 0.5) is 0 Å². The van der Waals surface area contributed by atoms with Gasteiger partial charge in [0.1, 0.15) is 0 Å². The summed E-state index contributed by atoms with van der Waals surface area (Å²) in [6, 6.07) is 0. The molecule has 1 unspecified atom stereocenters. The topological polar surface area (TPSA) is 0 Å². The summed E-state index contributed by atoms with van der Waals surface area (Å²) in [4.78, 5) is 0. The highest BCUT2D eigenvalue weighted by Gasteiger charge is 2.17. The summed E-state index contributed by atoms with van der Waals surface area (Å²) in [5.41, 5.74) is 0. The third-order valence-corrected chi connectivity index (χ3v) is 3.75. The Balaban J connectivity index is 0.000000770. The summed E-state index contributed by atoms with van der Waals surface area (Å²) in [6.07, 6.45) is 14.3. The number of rotatable bonds is 4. The van der Waals surface area contributed by atoms with Gasteiger partial charge in [-0.15, -0.1) is 0 Å². The van der Waals surface area contributed by atoms with Crippen LogP contribution >= 0.6 is 0 Å². The van der Waals surface area contributed by atoms with E-state index in [-0.39, 0.29) is 0 Å². The molecular formula is C17H34. The zero-order valence-electron chi connectivity index (χ0n) is 12.8. The Kier molecular flexibility index (Phi) is 10.7. The van der Waals surface area contributed by atoms with Crippen molar-refractivity contribution in [2.45, 2.75) is 79.6 Å². The quantitative estimate of drug-likeness (QED) is 0.510. The molecule has 0 bridgehead atoms. The van der Waals surface area contributed by atoms with E-state index < -0.39 is 0 Å². The maximum absolute atomic E-state index is 2.38. The predicted octanol–water partition coefficient (Wildman–Crippen LogP) is 6.22. The molecule has 0 heteroatoms. The highest BCUT2D eigenvalue weighted by atomic mass is 14.2. The Morgan fingerprint density at radius 1 is 1.00 bits per heavy atom. The molecule has 17 heavy (non-hydrogen) atoms. The number of hydrogen-bond acceptors (Lipinski definition) is 0. The van der Waals surface area contributed by atoms with Crippen molar-refractivity contribution in [3.8, 4) is 0 Å². The molecule has 0 aromatic rings. The summed E-state index contributed by atoms with van der Waals surface area (Å²) < 4.78 is 0. The molecule has 0 N–H and O–H groups in total. The molecule has 1 rings (SSSR count). The van der Waals surface area contributed by atoms with Crippen LogP contribution < -0.4 is 0 Å². The maximum atomic E-state index is 2.38. The lowest BCUT2D eigenvalue weighted by molar-refractivity contribution is 0.273. The van der Waals surface area contributed by atoms with Gasteiger partial charge in [-0.25, -0.2) is 0 Å². The smallest absolute Gasteiger partial charge is 0.0348 e. The first-order chi connectivity index (χ1) is 8.15. The zero-order valence-corrected chi connectivity index (χ0v) is 12.8. The lowest BCUT2D eigenvalue weighted by Gasteiger charge is -2.24. The van der Waals surface area contributed by atoms with Crippen LogP contribution in [-0.4, -0.2) is 0 Å². The summed E-state index contributed by atoms with van der Waals surface area (Å²) in [5.74, 6) is 2.83. The first-order valence-corrected chi connectivity index (χ1v) is 7.80. The fourth-order valence-electron chi connectivity index (χ4n) is 2.62. The molecule has 1 atom stereocenters. The standard InChI is InChI=1S/C14H26.C3H8/c1-4-14(12(2)3)11-13-9-7-5-6-8-10-13;1-3-2/h5-6,12-14H,4,7-11H2,1-3H3;3H2,1-2H3. The number of allylic oxidation sites excluding steroid dienone is 2. The van der Waals surface area contributed by atoms with Gasteiger partial charge in [0, 0.05) is 0 Å². The third-order valence-electron chi connectivity index (χ3n) is 3.75. The minimum absolute atomic E-state index is 0.871. The molecule has 0 amide bonds. The van der Waals surface area contributed by atoms with Gasteiger partial charge in [0.05, 0.1) is 0 Å². The highest BCUT2D eigenvalue weighted by Crippen LogP contribution is 2.30. The van der Waals surface area contributed by atoms with Crippen LogP contribution in [0.1, 0.15) is 79.6 Å². The molecule has 1 aliphatic carbocycles. The fraction of sp³-hybridized carbons (Fsp3) is 0.882. The van der Waals surface area contributed by atoms with Gasteiger partial charge < -0.3 is 0 Å². The van der Waals surface area contributed by atoms with Crippen molar-refractivity contribution in [1.82, 2.24) is 0 Å². The molecule has 0 saturated heterocycles. The predicted molar refractivity (Wildman–Crippen MR) is 80.3 cm³/mol. The van der Waals surface area contributed by atoms with E-state index in [1.165, 1.54) is 44.9 Å². The van der Waals surface area contributed by atoms with Crippen LogP contribution in [0.2, 0.25) is 0 Å². The van der Waals surface area contributed by atoms with Crippen molar-refractivity contribution >= 4 is 0 Å². The largest absolute Gasteiger partial charge is 0.0885 e. The van der Waals surface area contributed by atoms with E-state index in [1.807, 2.05) is 0 Å². The summed E-state index contributed by atoms with van der Waals surface area (Å²) >= 11 is 0. The van der Waals surface area contributed by atoms with Crippen LogP contribution in [0.15, 0.2) is 12.2 Å². The van der Waals surface area contributed by atoms with Crippen molar-refractivity contribution < 1.29 is 0 Å². The van der Waals surface area contributed by atoms with E-state index in [4.69, 9.17) is 0 Å². The summed E-state index contributed by atoms with van der Waals surface area (Å²) in [6.45, 7) is 11.4. The Morgan fingerprint density at radius 3 is 1.82 bits per heavy atom. The van der Waals surface area contributed by atoms with Gasteiger partial charge >= 0.3 is 0 Å². The Morgan fingerprint density at radius 2 is 1.47 bits per heavy atom. The second kappa shape index (κ2) is 10.9. The SMILES string of the molecule is CCC.CCC(CC1CCC=CCC1)C(C)C. The molecule has 0 saturated carbocycles. The minimum atomic E-state index is 0.871. The normalized spacial score (nSPS) is 18.5. The Labute approximate surface area is 110 Å². The molecule has 0 heterocycles. The fourth-order valence-corrected chi connectivity index (χ4v) is 2.62. The molecule has 0 aromatic carbocycles. The summed E-state index contributed by atoms with van der Waals surface area (Å²) in [5, 5.41) is 0. The van der Waals surface area contributed by atoms with Crippen LogP contribution in [0.25, 0.3) is 0 Å². The molecule has 0 aromatic heterocycles. The molecule has 0 spiro atoms. The van der Waals surface area contributed by atoms with Crippen molar-refractivity contribution in [3.05, 3.63) is 12.2 Å². The van der Waals surface area contributed by atoms with E-state index in [0.717, 1.165) is 17.8 Å². The molecule has 0 radical (unpaired) electrons. The minimum Gasteiger partial charge on any atom is -0.0885 e. The first kappa shape index (κ1) is 16.7. The van der Waals surface area contributed by atoms with Crippen LogP contribution in [-0.2, 0) is 0 Å². The average molecular weight is 238 g/mol. The van der Waals surface area contributed by atoms with E-state index in [2.05, 4.69) is 46.8 Å². The lowest BCUT2D eigenvalue weighted by Crippen LogP contribution is -2.13. The zero-order chi connectivity index (χ0) is 13.1. The van der Waals surface area contributed by atoms with Gasteiger partial charge in [-0.05, 0) is 49.9 Å². The van der Waals surface area contributed by atoms with Crippen LogP contribution in [0.3, 0.4) is 0 Å². The van der Waals surface area contributed by atoms with Gasteiger partial charge in [0.2, 0.25) is 0 Å². The van der Waals surface area contributed by atoms with Gasteiger partial charge in [-0.3, -0.25) is 0 Å². The Hall–Kier alpha value is -0.260. The third kappa shape index (κ3) is 8.46. The molecule has 0 fully saturated rings. The van der Waals surface area contributed by atoms with Gasteiger partial charge in [0.25, 0.3) is 0 Å². The lowest BCUT2D eigenvalue weighted by atomic mass is 9.82. The van der Waals surface area contributed by atoms with Gasteiger partial charge in [-0.1, -0.05) is 59.6 Å². The monoisotopic (exact) mass is 238 g/mol. The molecular weight excluding hydrogens is 204 g/mol. The van der Waals surface area contributed by atoms with E-state index >= 15 is 0 Å².